The van der Waals surface area contributed by atoms with Gasteiger partial charge in [0.15, 0.2) is 0 Å². The van der Waals surface area contributed by atoms with E-state index in [1.807, 2.05) is 0 Å². The monoisotopic (exact) mass is 298 g/mol. The average Bonchev–Trinajstić information content (AvgIpc) is 2.34. The number of alkyl halides is 1. The standard InChI is InChI=1S/C15H23BrO/c1-5-8-17-14-6-7-15(11(2)9-14)13(4)12(3)10-16/h6-7,9,12-13H,5,8,10H2,1-4H3. The molecule has 0 aliphatic rings. The zero-order valence-corrected chi connectivity index (χ0v) is 12.9. The summed E-state index contributed by atoms with van der Waals surface area (Å²) in [5.41, 5.74) is 2.76. The van der Waals surface area contributed by atoms with Gasteiger partial charge in [-0.3, -0.25) is 0 Å². The molecule has 0 saturated carbocycles. The van der Waals surface area contributed by atoms with Crippen LogP contribution >= 0.6 is 15.9 Å². The summed E-state index contributed by atoms with van der Waals surface area (Å²) in [4.78, 5) is 0. The van der Waals surface area contributed by atoms with Crippen molar-refractivity contribution < 1.29 is 4.74 Å². The van der Waals surface area contributed by atoms with E-state index in [9.17, 15) is 0 Å². The molecule has 0 bridgehead atoms. The number of ether oxygens (including phenoxy) is 1. The summed E-state index contributed by atoms with van der Waals surface area (Å²) in [6.07, 6.45) is 1.05. The van der Waals surface area contributed by atoms with Gasteiger partial charge in [0, 0.05) is 5.33 Å². The van der Waals surface area contributed by atoms with Gasteiger partial charge in [-0.15, -0.1) is 0 Å². The van der Waals surface area contributed by atoms with E-state index >= 15 is 0 Å². The van der Waals surface area contributed by atoms with Crippen molar-refractivity contribution in [1.82, 2.24) is 0 Å². The number of rotatable bonds is 6. The van der Waals surface area contributed by atoms with Gasteiger partial charge in [-0.2, -0.15) is 0 Å². The molecular formula is C15H23BrO. The fourth-order valence-electron chi connectivity index (χ4n) is 1.91. The van der Waals surface area contributed by atoms with Crippen molar-refractivity contribution in [3.05, 3.63) is 29.3 Å². The van der Waals surface area contributed by atoms with E-state index in [4.69, 9.17) is 4.74 Å². The largest absolute Gasteiger partial charge is 0.494 e. The number of halogens is 1. The van der Waals surface area contributed by atoms with Gasteiger partial charge in [-0.05, 0) is 48.4 Å². The predicted molar refractivity (Wildman–Crippen MR) is 78.3 cm³/mol. The molecule has 1 aromatic rings. The van der Waals surface area contributed by atoms with E-state index in [-0.39, 0.29) is 0 Å². The van der Waals surface area contributed by atoms with Crippen LogP contribution in [0.2, 0.25) is 0 Å². The molecular weight excluding hydrogens is 276 g/mol. The van der Waals surface area contributed by atoms with Crippen molar-refractivity contribution in [2.45, 2.75) is 40.0 Å². The molecule has 1 nitrogen and oxygen atoms in total. The first-order chi connectivity index (χ1) is 8.10. The summed E-state index contributed by atoms with van der Waals surface area (Å²) >= 11 is 3.56. The highest BCUT2D eigenvalue weighted by Crippen LogP contribution is 2.30. The summed E-state index contributed by atoms with van der Waals surface area (Å²) in [6.45, 7) is 9.67. The van der Waals surface area contributed by atoms with E-state index in [1.54, 1.807) is 0 Å². The van der Waals surface area contributed by atoms with E-state index in [1.165, 1.54) is 11.1 Å². The molecule has 0 amide bonds. The topological polar surface area (TPSA) is 9.23 Å². The fraction of sp³-hybridized carbons (Fsp3) is 0.600. The first-order valence-corrected chi connectivity index (χ1v) is 7.51. The van der Waals surface area contributed by atoms with Crippen LogP contribution in [0.1, 0.15) is 44.2 Å². The lowest BCUT2D eigenvalue weighted by atomic mass is 9.87. The Bertz CT molecular complexity index is 349. The fourth-order valence-corrected chi connectivity index (χ4v) is 2.47. The second kappa shape index (κ2) is 7.05. The Labute approximate surface area is 114 Å². The molecule has 17 heavy (non-hydrogen) atoms. The first kappa shape index (κ1) is 14.6. The van der Waals surface area contributed by atoms with Crippen LogP contribution in [0.3, 0.4) is 0 Å². The third-order valence-electron chi connectivity index (χ3n) is 3.30. The summed E-state index contributed by atoms with van der Waals surface area (Å²) in [5, 5.41) is 1.04. The van der Waals surface area contributed by atoms with Crippen molar-refractivity contribution in [1.29, 1.82) is 0 Å². The molecule has 2 atom stereocenters. The van der Waals surface area contributed by atoms with Crippen molar-refractivity contribution >= 4 is 15.9 Å². The van der Waals surface area contributed by atoms with Crippen LogP contribution in [-0.4, -0.2) is 11.9 Å². The maximum absolute atomic E-state index is 5.65. The number of benzene rings is 1. The zero-order valence-electron chi connectivity index (χ0n) is 11.3. The van der Waals surface area contributed by atoms with E-state index < -0.39 is 0 Å². The van der Waals surface area contributed by atoms with Crippen molar-refractivity contribution in [3.8, 4) is 5.75 Å². The van der Waals surface area contributed by atoms with Gasteiger partial charge in [-0.25, -0.2) is 0 Å². The highest BCUT2D eigenvalue weighted by Gasteiger charge is 2.15. The number of hydrogen-bond donors (Lipinski definition) is 0. The van der Waals surface area contributed by atoms with Crippen LogP contribution in [0.15, 0.2) is 18.2 Å². The van der Waals surface area contributed by atoms with Crippen LogP contribution in [0.5, 0.6) is 5.75 Å². The molecule has 0 heterocycles. The van der Waals surface area contributed by atoms with Gasteiger partial charge in [0.25, 0.3) is 0 Å². The van der Waals surface area contributed by atoms with Crippen molar-refractivity contribution in [2.24, 2.45) is 5.92 Å². The Morgan fingerprint density at radius 3 is 2.53 bits per heavy atom. The molecule has 0 saturated heterocycles. The summed E-state index contributed by atoms with van der Waals surface area (Å²) in [6, 6.07) is 6.46. The van der Waals surface area contributed by atoms with E-state index in [0.717, 1.165) is 24.1 Å². The van der Waals surface area contributed by atoms with Crippen LogP contribution in [0.4, 0.5) is 0 Å². The van der Waals surface area contributed by atoms with E-state index in [2.05, 4.69) is 61.8 Å². The maximum Gasteiger partial charge on any atom is 0.119 e. The third-order valence-corrected chi connectivity index (χ3v) is 4.32. The van der Waals surface area contributed by atoms with Gasteiger partial charge in [-0.1, -0.05) is 42.8 Å². The lowest BCUT2D eigenvalue weighted by Crippen LogP contribution is -2.09. The predicted octanol–water partition coefficient (Wildman–Crippen LogP) is 4.92. The molecule has 0 aliphatic heterocycles. The molecule has 0 N–H and O–H groups in total. The molecule has 0 spiro atoms. The zero-order chi connectivity index (χ0) is 12.8. The van der Waals surface area contributed by atoms with Gasteiger partial charge < -0.3 is 4.74 Å². The second-order valence-electron chi connectivity index (χ2n) is 4.79. The van der Waals surface area contributed by atoms with Gasteiger partial charge in [0.1, 0.15) is 5.75 Å². The lowest BCUT2D eigenvalue weighted by Gasteiger charge is -2.20. The van der Waals surface area contributed by atoms with Crippen LogP contribution in [0.25, 0.3) is 0 Å². The molecule has 96 valence electrons. The number of hydrogen-bond acceptors (Lipinski definition) is 1. The minimum atomic E-state index is 0.578. The number of aryl methyl sites for hydroxylation is 1. The lowest BCUT2D eigenvalue weighted by molar-refractivity contribution is 0.317. The minimum Gasteiger partial charge on any atom is -0.494 e. The Kier molecular flexibility index (Phi) is 6.04. The molecule has 2 unspecified atom stereocenters. The molecule has 1 rings (SSSR count). The molecule has 0 radical (unpaired) electrons. The highest BCUT2D eigenvalue weighted by atomic mass is 79.9. The SMILES string of the molecule is CCCOc1ccc(C(C)C(C)CBr)c(C)c1. The van der Waals surface area contributed by atoms with Crippen LogP contribution < -0.4 is 4.74 Å². The Morgan fingerprint density at radius 2 is 2.00 bits per heavy atom. The quantitative estimate of drug-likeness (QED) is 0.678. The maximum atomic E-state index is 5.65. The molecule has 1 aromatic carbocycles. The Hall–Kier alpha value is -0.500. The molecule has 2 heteroatoms. The Balaban J connectivity index is 2.82. The highest BCUT2D eigenvalue weighted by molar-refractivity contribution is 9.09. The summed E-state index contributed by atoms with van der Waals surface area (Å²) < 4.78 is 5.65. The molecule has 0 aliphatic carbocycles. The van der Waals surface area contributed by atoms with Gasteiger partial charge in [0.2, 0.25) is 0 Å². The first-order valence-electron chi connectivity index (χ1n) is 6.39. The summed E-state index contributed by atoms with van der Waals surface area (Å²) in [7, 11) is 0. The normalized spacial score (nSPS) is 14.4. The van der Waals surface area contributed by atoms with Gasteiger partial charge >= 0.3 is 0 Å². The third kappa shape index (κ3) is 4.02. The summed E-state index contributed by atoms with van der Waals surface area (Å²) in [5.74, 6) is 2.22. The van der Waals surface area contributed by atoms with Crippen LogP contribution in [-0.2, 0) is 0 Å². The minimum absolute atomic E-state index is 0.578. The van der Waals surface area contributed by atoms with Crippen molar-refractivity contribution in [3.63, 3.8) is 0 Å². The van der Waals surface area contributed by atoms with Crippen molar-refractivity contribution in [2.75, 3.05) is 11.9 Å². The van der Waals surface area contributed by atoms with E-state index in [0.29, 0.717) is 11.8 Å². The van der Waals surface area contributed by atoms with Crippen LogP contribution in [0, 0.1) is 12.8 Å². The van der Waals surface area contributed by atoms with Gasteiger partial charge in [0.05, 0.1) is 6.61 Å². The second-order valence-corrected chi connectivity index (χ2v) is 5.43. The smallest absolute Gasteiger partial charge is 0.119 e. The Morgan fingerprint density at radius 1 is 1.29 bits per heavy atom. The molecule has 0 fully saturated rings. The average molecular weight is 299 g/mol. The molecule has 0 aromatic heterocycles.